The molecule has 164 valence electrons. The summed E-state index contributed by atoms with van der Waals surface area (Å²) in [5.74, 6) is -1.91. The number of hydrogen-bond acceptors (Lipinski definition) is 4. The number of ketones is 1. The highest BCUT2D eigenvalue weighted by molar-refractivity contribution is 5.98. The number of Topliss-reactive ketones (excluding diaryl/α,β-unsaturated/α-hetero) is 1. The Kier molecular flexibility index (Phi) is 7.49. The van der Waals surface area contributed by atoms with Crippen LogP contribution < -0.4 is 5.32 Å². The number of anilines is 1. The van der Waals surface area contributed by atoms with E-state index in [0.717, 1.165) is 11.1 Å². The van der Waals surface area contributed by atoms with Crippen molar-refractivity contribution in [3.05, 3.63) is 101 Å². The fourth-order valence-corrected chi connectivity index (χ4v) is 3.34. The van der Waals surface area contributed by atoms with Gasteiger partial charge in [0.25, 0.3) is 5.91 Å². The minimum atomic E-state index is -1.16. The Bertz CT molecular complexity index is 1090. The molecule has 5 nitrogen and oxygen atoms in total. The molecule has 6 heteroatoms. The minimum Gasteiger partial charge on any atom is -0.447 e. The zero-order valence-electron chi connectivity index (χ0n) is 17.9. The number of aryl methyl sites for hydroxylation is 2. The van der Waals surface area contributed by atoms with Crippen LogP contribution in [0.5, 0.6) is 0 Å². The molecule has 0 saturated heterocycles. The molecule has 0 spiro atoms. The molecule has 0 bridgehead atoms. The van der Waals surface area contributed by atoms with Crippen molar-refractivity contribution in [3.63, 3.8) is 0 Å². The number of rotatable bonds is 8. The first kappa shape index (κ1) is 22.9. The number of ether oxygens (including phenoxy) is 1. The molecule has 1 unspecified atom stereocenters. The van der Waals surface area contributed by atoms with E-state index in [2.05, 4.69) is 5.32 Å². The molecule has 1 atom stereocenters. The molecule has 0 aromatic heterocycles. The van der Waals surface area contributed by atoms with Crippen LogP contribution in [0.25, 0.3) is 0 Å². The van der Waals surface area contributed by atoms with E-state index < -0.39 is 23.8 Å². The summed E-state index contributed by atoms with van der Waals surface area (Å²) in [6.45, 7) is 3.85. The van der Waals surface area contributed by atoms with Crippen molar-refractivity contribution in [1.82, 2.24) is 0 Å². The van der Waals surface area contributed by atoms with Crippen LogP contribution in [0.1, 0.15) is 46.0 Å². The molecule has 0 heterocycles. The third-order valence-corrected chi connectivity index (χ3v) is 4.80. The topological polar surface area (TPSA) is 72.5 Å². The summed E-state index contributed by atoms with van der Waals surface area (Å²) >= 11 is 0. The van der Waals surface area contributed by atoms with Gasteiger partial charge in [-0.05, 0) is 61.4 Å². The van der Waals surface area contributed by atoms with Crippen LogP contribution in [0.3, 0.4) is 0 Å². The molecule has 0 fully saturated rings. The van der Waals surface area contributed by atoms with Gasteiger partial charge in [0.05, 0.1) is 6.42 Å². The first-order chi connectivity index (χ1) is 15.3. The van der Waals surface area contributed by atoms with Crippen LogP contribution >= 0.6 is 0 Å². The average molecular weight is 433 g/mol. The molecule has 0 aliphatic rings. The number of nitrogens with one attached hydrogen (secondary N) is 1. The summed E-state index contributed by atoms with van der Waals surface area (Å²) < 4.78 is 18.5. The Hall–Kier alpha value is -3.80. The lowest BCUT2D eigenvalue weighted by Crippen LogP contribution is -2.26. The zero-order chi connectivity index (χ0) is 23.1. The predicted octanol–water partition coefficient (Wildman–Crippen LogP) is 5.33. The Balaban J connectivity index is 1.68. The molecule has 32 heavy (non-hydrogen) atoms. The van der Waals surface area contributed by atoms with Crippen molar-refractivity contribution in [1.29, 1.82) is 0 Å². The smallest absolute Gasteiger partial charge is 0.307 e. The van der Waals surface area contributed by atoms with Crippen molar-refractivity contribution in [3.8, 4) is 0 Å². The standard InChI is InChI=1S/C26H24FNO4/c1-17-14-18(2)16-22(15-17)28-26(31)25(20-6-4-3-5-7-20)32-24(30)13-12-23(29)19-8-10-21(27)11-9-19/h3-11,14-16,25H,12-13H2,1-2H3,(H,28,31). The molecule has 0 saturated carbocycles. The molecular weight excluding hydrogens is 409 g/mol. The largest absolute Gasteiger partial charge is 0.447 e. The molecule has 3 rings (SSSR count). The Morgan fingerprint density at radius 2 is 1.50 bits per heavy atom. The van der Waals surface area contributed by atoms with Gasteiger partial charge < -0.3 is 10.1 Å². The molecule has 1 amide bonds. The van der Waals surface area contributed by atoms with Crippen LogP contribution in [0.4, 0.5) is 10.1 Å². The number of amides is 1. The van der Waals surface area contributed by atoms with Crippen molar-refractivity contribution < 1.29 is 23.5 Å². The average Bonchev–Trinajstić information content (AvgIpc) is 2.76. The third-order valence-electron chi connectivity index (χ3n) is 4.80. The van der Waals surface area contributed by atoms with E-state index in [0.29, 0.717) is 16.8 Å². The van der Waals surface area contributed by atoms with Crippen LogP contribution in [0.2, 0.25) is 0 Å². The molecule has 0 radical (unpaired) electrons. The maximum atomic E-state index is 13.0. The van der Waals surface area contributed by atoms with Gasteiger partial charge in [-0.25, -0.2) is 4.39 Å². The first-order valence-corrected chi connectivity index (χ1v) is 10.2. The summed E-state index contributed by atoms with van der Waals surface area (Å²) in [5.41, 5.74) is 3.43. The van der Waals surface area contributed by atoms with Gasteiger partial charge in [0.2, 0.25) is 6.10 Å². The van der Waals surface area contributed by atoms with E-state index in [4.69, 9.17) is 4.74 Å². The van der Waals surface area contributed by atoms with E-state index >= 15 is 0 Å². The predicted molar refractivity (Wildman–Crippen MR) is 120 cm³/mol. The second-order valence-electron chi connectivity index (χ2n) is 7.58. The fourth-order valence-electron chi connectivity index (χ4n) is 3.34. The highest BCUT2D eigenvalue weighted by atomic mass is 19.1. The number of esters is 1. The molecular formula is C26H24FNO4. The minimum absolute atomic E-state index is 0.106. The van der Waals surface area contributed by atoms with E-state index in [1.54, 1.807) is 30.3 Å². The van der Waals surface area contributed by atoms with E-state index in [9.17, 15) is 18.8 Å². The highest BCUT2D eigenvalue weighted by Gasteiger charge is 2.25. The fraction of sp³-hybridized carbons (Fsp3) is 0.192. The van der Waals surface area contributed by atoms with Crippen LogP contribution in [0.15, 0.2) is 72.8 Å². The van der Waals surface area contributed by atoms with E-state index in [1.165, 1.54) is 24.3 Å². The van der Waals surface area contributed by atoms with Gasteiger partial charge in [0.1, 0.15) is 5.82 Å². The lowest BCUT2D eigenvalue weighted by Gasteiger charge is -2.18. The van der Waals surface area contributed by atoms with Crippen molar-refractivity contribution in [2.24, 2.45) is 0 Å². The monoisotopic (exact) mass is 433 g/mol. The molecule has 0 aliphatic carbocycles. The molecule has 0 aliphatic heterocycles. The van der Waals surface area contributed by atoms with Gasteiger partial charge in [-0.1, -0.05) is 36.4 Å². The summed E-state index contributed by atoms with van der Waals surface area (Å²) in [7, 11) is 0. The summed E-state index contributed by atoms with van der Waals surface area (Å²) in [6.07, 6.45) is -1.47. The number of carbonyl (C=O) groups excluding carboxylic acids is 3. The maximum Gasteiger partial charge on any atom is 0.307 e. The first-order valence-electron chi connectivity index (χ1n) is 10.2. The van der Waals surface area contributed by atoms with Gasteiger partial charge in [0, 0.05) is 23.2 Å². The number of carbonyl (C=O) groups is 3. The summed E-state index contributed by atoms with van der Waals surface area (Å²) in [6, 6.07) is 19.4. The van der Waals surface area contributed by atoms with Gasteiger partial charge >= 0.3 is 5.97 Å². The third kappa shape index (κ3) is 6.35. The Morgan fingerprint density at radius 3 is 2.12 bits per heavy atom. The van der Waals surface area contributed by atoms with Gasteiger partial charge in [-0.15, -0.1) is 0 Å². The van der Waals surface area contributed by atoms with Gasteiger partial charge in [0.15, 0.2) is 5.78 Å². The quantitative estimate of drug-likeness (QED) is 0.385. The SMILES string of the molecule is Cc1cc(C)cc(NC(=O)C(OC(=O)CCC(=O)c2ccc(F)cc2)c2ccccc2)c1. The molecule has 3 aromatic rings. The zero-order valence-corrected chi connectivity index (χ0v) is 17.9. The van der Waals surface area contributed by atoms with E-state index in [-0.39, 0.29) is 18.6 Å². The highest BCUT2D eigenvalue weighted by Crippen LogP contribution is 2.22. The van der Waals surface area contributed by atoms with Crippen LogP contribution in [-0.2, 0) is 14.3 Å². The Morgan fingerprint density at radius 1 is 0.875 bits per heavy atom. The van der Waals surface area contributed by atoms with Crippen molar-refractivity contribution in [2.75, 3.05) is 5.32 Å². The molecule has 3 aromatic carbocycles. The number of hydrogen-bond donors (Lipinski definition) is 1. The van der Waals surface area contributed by atoms with Crippen LogP contribution in [0, 0.1) is 19.7 Å². The second kappa shape index (κ2) is 10.5. The van der Waals surface area contributed by atoms with Gasteiger partial charge in [-0.3, -0.25) is 14.4 Å². The summed E-state index contributed by atoms with van der Waals surface area (Å²) in [5, 5.41) is 2.80. The Labute approximate surface area is 186 Å². The normalized spacial score (nSPS) is 11.5. The molecule has 1 N–H and O–H groups in total. The van der Waals surface area contributed by atoms with Crippen LogP contribution in [-0.4, -0.2) is 17.7 Å². The summed E-state index contributed by atoms with van der Waals surface area (Å²) in [4.78, 5) is 37.7. The van der Waals surface area contributed by atoms with Crippen molar-refractivity contribution in [2.45, 2.75) is 32.8 Å². The maximum absolute atomic E-state index is 13.0. The van der Waals surface area contributed by atoms with E-state index in [1.807, 2.05) is 32.0 Å². The second-order valence-corrected chi connectivity index (χ2v) is 7.58. The lowest BCUT2D eigenvalue weighted by atomic mass is 10.1. The number of halogens is 1. The number of benzene rings is 3. The lowest BCUT2D eigenvalue weighted by molar-refractivity contribution is -0.154. The van der Waals surface area contributed by atoms with Gasteiger partial charge in [-0.2, -0.15) is 0 Å². The van der Waals surface area contributed by atoms with Crippen molar-refractivity contribution >= 4 is 23.3 Å².